The number of fused-ring (bicyclic) bond motifs is 1. The summed E-state index contributed by atoms with van der Waals surface area (Å²) in [4.78, 5) is 2.11. The zero-order chi connectivity index (χ0) is 12.5. The third-order valence-corrected chi connectivity index (χ3v) is 3.78. The predicted molar refractivity (Wildman–Crippen MR) is 78.5 cm³/mol. The number of benzene rings is 1. The minimum absolute atomic E-state index is 1.21. The van der Waals surface area contributed by atoms with E-state index in [2.05, 4.69) is 70.6 Å². The third kappa shape index (κ3) is 1.88. The molecular formula is C14H15N3S. The summed E-state index contributed by atoms with van der Waals surface area (Å²) in [7, 11) is 4.11. The molecule has 92 valence electrons. The van der Waals surface area contributed by atoms with Crippen LogP contribution in [0, 0.1) is 0 Å². The van der Waals surface area contributed by atoms with Crippen molar-refractivity contribution in [3.63, 3.8) is 0 Å². The first kappa shape index (κ1) is 11.3. The van der Waals surface area contributed by atoms with Crippen LogP contribution in [0.2, 0.25) is 0 Å². The summed E-state index contributed by atoms with van der Waals surface area (Å²) in [6.45, 7) is 0. The molecule has 0 spiro atoms. The molecule has 2 aliphatic heterocycles. The first-order chi connectivity index (χ1) is 8.75. The van der Waals surface area contributed by atoms with Crippen LogP contribution in [0.15, 0.2) is 54.5 Å². The summed E-state index contributed by atoms with van der Waals surface area (Å²) in [6.07, 6.45) is 8.33. The van der Waals surface area contributed by atoms with Gasteiger partial charge in [-0.25, -0.2) is 0 Å². The second-order valence-corrected chi connectivity index (χ2v) is 5.24. The highest BCUT2D eigenvalue weighted by Gasteiger charge is 2.21. The van der Waals surface area contributed by atoms with Gasteiger partial charge in [-0.15, -0.1) is 0 Å². The highest BCUT2D eigenvalue weighted by molar-refractivity contribution is 7.95. The van der Waals surface area contributed by atoms with Crippen LogP contribution in [0.3, 0.4) is 0 Å². The van der Waals surface area contributed by atoms with E-state index >= 15 is 0 Å². The number of hydrogen-bond acceptors (Lipinski definition) is 4. The van der Waals surface area contributed by atoms with Crippen molar-refractivity contribution >= 4 is 23.4 Å². The van der Waals surface area contributed by atoms with Gasteiger partial charge in [-0.1, -0.05) is 18.2 Å². The molecular weight excluding hydrogens is 242 g/mol. The van der Waals surface area contributed by atoms with Gasteiger partial charge in [0.2, 0.25) is 0 Å². The van der Waals surface area contributed by atoms with Gasteiger partial charge in [0.1, 0.15) is 0 Å². The lowest BCUT2D eigenvalue weighted by Crippen LogP contribution is -2.10. The highest BCUT2D eigenvalue weighted by atomic mass is 32.2. The number of anilines is 1. The molecule has 3 nitrogen and oxygen atoms in total. The summed E-state index contributed by atoms with van der Waals surface area (Å²) >= 11 is 1.59. The van der Waals surface area contributed by atoms with E-state index in [1.807, 2.05) is 6.20 Å². The van der Waals surface area contributed by atoms with Gasteiger partial charge in [0, 0.05) is 37.8 Å². The number of nitrogens with one attached hydrogen (secondary N) is 1. The monoisotopic (exact) mass is 257 g/mol. The van der Waals surface area contributed by atoms with E-state index in [4.69, 9.17) is 0 Å². The molecule has 0 aliphatic carbocycles. The van der Waals surface area contributed by atoms with Gasteiger partial charge in [0.25, 0.3) is 0 Å². The Labute approximate surface area is 112 Å². The minimum Gasteiger partial charge on any atom is -0.378 e. The summed E-state index contributed by atoms with van der Waals surface area (Å²) in [5.74, 6) is 0. The topological polar surface area (TPSA) is 18.5 Å². The van der Waals surface area contributed by atoms with E-state index < -0.39 is 0 Å². The summed E-state index contributed by atoms with van der Waals surface area (Å²) in [5.41, 5.74) is 4.92. The Bertz CT molecular complexity index is 541. The molecule has 0 fully saturated rings. The zero-order valence-electron chi connectivity index (χ0n) is 10.4. The molecule has 0 radical (unpaired) electrons. The molecule has 1 aromatic rings. The van der Waals surface area contributed by atoms with E-state index in [1.165, 1.54) is 22.5 Å². The van der Waals surface area contributed by atoms with Gasteiger partial charge in [-0.2, -0.15) is 0 Å². The van der Waals surface area contributed by atoms with E-state index in [1.54, 1.807) is 12.1 Å². The lowest BCUT2D eigenvalue weighted by molar-refractivity contribution is 0.814. The van der Waals surface area contributed by atoms with Crippen LogP contribution >= 0.6 is 12.1 Å². The molecule has 0 unspecified atom stereocenters. The molecule has 0 saturated heterocycles. The molecule has 1 aromatic carbocycles. The Morgan fingerprint density at radius 3 is 2.67 bits per heavy atom. The molecule has 0 saturated carbocycles. The predicted octanol–water partition coefficient (Wildman–Crippen LogP) is 2.97. The van der Waals surface area contributed by atoms with E-state index in [0.29, 0.717) is 0 Å². The van der Waals surface area contributed by atoms with Crippen LogP contribution in [0.25, 0.3) is 5.57 Å². The maximum absolute atomic E-state index is 3.17. The molecule has 1 N–H and O–H groups in total. The maximum Gasteiger partial charge on any atom is 0.0779 e. The molecule has 4 heteroatoms. The van der Waals surface area contributed by atoms with Crippen molar-refractivity contribution in [2.24, 2.45) is 0 Å². The molecule has 0 bridgehead atoms. The molecule has 2 aliphatic rings. The standard InChI is InChI=1S/C14H15N3S/c1-16(2)12-7-5-11(6-8-12)13-4-3-9-17-14(13)10-15-18-17/h3-10,15H,1-2H3. The van der Waals surface area contributed by atoms with Crippen molar-refractivity contribution in [3.05, 3.63) is 60.1 Å². The number of hydrogen-bond donors (Lipinski definition) is 1. The molecule has 3 rings (SSSR count). The SMILES string of the molecule is CN(C)c1ccc(C2=CC=CN3SNC=C23)cc1. The van der Waals surface area contributed by atoms with Gasteiger partial charge in [0.15, 0.2) is 0 Å². The van der Waals surface area contributed by atoms with E-state index in [9.17, 15) is 0 Å². The van der Waals surface area contributed by atoms with E-state index in [0.717, 1.165) is 0 Å². The zero-order valence-corrected chi connectivity index (χ0v) is 11.2. The second-order valence-electron chi connectivity index (χ2n) is 4.43. The largest absolute Gasteiger partial charge is 0.378 e. The van der Waals surface area contributed by atoms with Crippen molar-refractivity contribution in [1.29, 1.82) is 0 Å². The normalized spacial score (nSPS) is 16.9. The van der Waals surface area contributed by atoms with Crippen LogP contribution in [0.1, 0.15) is 5.56 Å². The van der Waals surface area contributed by atoms with Crippen LogP contribution in [-0.4, -0.2) is 18.4 Å². The number of nitrogens with zero attached hydrogens (tertiary/aromatic N) is 2. The van der Waals surface area contributed by atoms with Crippen molar-refractivity contribution in [2.75, 3.05) is 19.0 Å². The Hall–Kier alpha value is -1.81. The van der Waals surface area contributed by atoms with Crippen molar-refractivity contribution in [2.45, 2.75) is 0 Å². The minimum atomic E-state index is 1.21. The quantitative estimate of drug-likeness (QED) is 0.821. The van der Waals surface area contributed by atoms with E-state index in [-0.39, 0.29) is 0 Å². The summed E-state index contributed by atoms with van der Waals surface area (Å²) in [5, 5.41) is 0. The first-order valence-electron chi connectivity index (χ1n) is 5.84. The van der Waals surface area contributed by atoms with Gasteiger partial charge in [-0.3, -0.25) is 4.31 Å². The molecule has 0 atom stereocenters. The molecule has 0 aromatic heterocycles. The van der Waals surface area contributed by atoms with Crippen molar-refractivity contribution < 1.29 is 0 Å². The van der Waals surface area contributed by atoms with Crippen molar-refractivity contribution in [1.82, 2.24) is 9.03 Å². The lowest BCUT2D eigenvalue weighted by atomic mass is 10.0. The average Bonchev–Trinajstić information content (AvgIpc) is 2.87. The van der Waals surface area contributed by atoms with Gasteiger partial charge >= 0.3 is 0 Å². The highest BCUT2D eigenvalue weighted by Crippen LogP contribution is 2.36. The summed E-state index contributed by atoms with van der Waals surface area (Å²) < 4.78 is 5.31. The van der Waals surface area contributed by atoms with Gasteiger partial charge in [0.05, 0.1) is 17.8 Å². The van der Waals surface area contributed by atoms with Crippen LogP contribution in [0.4, 0.5) is 5.69 Å². The molecule has 2 heterocycles. The Kier molecular flexibility index (Phi) is 2.80. The van der Waals surface area contributed by atoms with Crippen molar-refractivity contribution in [3.8, 4) is 0 Å². The van der Waals surface area contributed by atoms with Crippen LogP contribution in [-0.2, 0) is 0 Å². The maximum atomic E-state index is 3.17. The molecule has 0 amide bonds. The molecule has 18 heavy (non-hydrogen) atoms. The lowest BCUT2D eigenvalue weighted by Gasteiger charge is -2.21. The first-order valence-corrected chi connectivity index (χ1v) is 6.61. The fraction of sp³-hybridized carbons (Fsp3) is 0.143. The smallest absolute Gasteiger partial charge is 0.0779 e. The number of rotatable bonds is 2. The average molecular weight is 257 g/mol. The van der Waals surface area contributed by atoms with Gasteiger partial charge in [-0.05, 0) is 23.8 Å². The van der Waals surface area contributed by atoms with Crippen LogP contribution < -0.4 is 9.62 Å². The number of allylic oxidation sites excluding steroid dienone is 3. The Morgan fingerprint density at radius 2 is 1.94 bits per heavy atom. The van der Waals surface area contributed by atoms with Gasteiger partial charge < -0.3 is 9.62 Å². The second kappa shape index (κ2) is 4.46. The summed E-state index contributed by atoms with van der Waals surface area (Å²) in [6, 6.07) is 8.63. The third-order valence-electron chi connectivity index (χ3n) is 3.04. The Balaban J connectivity index is 1.95. The Morgan fingerprint density at radius 1 is 1.17 bits per heavy atom. The van der Waals surface area contributed by atoms with Crippen LogP contribution in [0.5, 0.6) is 0 Å². The fourth-order valence-electron chi connectivity index (χ4n) is 2.04. The fourth-order valence-corrected chi connectivity index (χ4v) is 2.70.